The number of aryl methyl sites for hydroxylation is 1. The molecule has 0 aliphatic heterocycles. The monoisotopic (exact) mass is 1150 g/mol. The minimum atomic E-state index is -3.68. The molecule has 0 radical (unpaired) electrons. The second-order valence-electron chi connectivity index (χ2n) is 17.4. The third kappa shape index (κ3) is 14.6. The minimum absolute atomic E-state index is 0.166. The van der Waals surface area contributed by atoms with Gasteiger partial charge in [-0.2, -0.15) is 0 Å². The van der Waals surface area contributed by atoms with E-state index >= 15 is 0 Å². The number of hydrogen-bond acceptors (Lipinski definition) is 9. The Labute approximate surface area is 477 Å². The normalized spacial score (nSPS) is 11.2. The maximum Gasteiger partial charge on any atom is 0.355 e. The van der Waals surface area contributed by atoms with Gasteiger partial charge >= 0.3 is 17.3 Å². The number of aromatic nitrogens is 4. The van der Waals surface area contributed by atoms with Crippen molar-refractivity contribution in [2.75, 3.05) is 13.2 Å². The summed E-state index contributed by atoms with van der Waals surface area (Å²) in [6.07, 6.45) is 2.44. The lowest BCUT2D eigenvalue weighted by Crippen LogP contribution is -2.10. The number of sulfone groups is 1. The van der Waals surface area contributed by atoms with E-state index in [9.17, 15) is 22.8 Å². The van der Waals surface area contributed by atoms with Crippen LogP contribution in [0.3, 0.4) is 0 Å². The number of rotatable bonds is 13. The number of ether oxygens (including phenoxy) is 2. The molecule has 13 nitrogen and oxygen atoms in total. The molecule has 0 aliphatic rings. The van der Waals surface area contributed by atoms with E-state index in [0.717, 1.165) is 55.1 Å². The van der Waals surface area contributed by atoms with Gasteiger partial charge in [-0.3, -0.25) is 9.64 Å². The molecule has 3 heterocycles. The molecule has 0 aliphatic carbocycles. The number of H-pyrrole nitrogens is 2. The predicted molar refractivity (Wildman–Crippen MR) is 315 cm³/mol. The van der Waals surface area contributed by atoms with Crippen LogP contribution in [0.25, 0.3) is 49.2 Å². The van der Waals surface area contributed by atoms with E-state index in [1.807, 2.05) is 109 Å². The Hall–Kier alpha value is -8.00. The largest absolute Gasteiger partial charge is 0.461 e. The number of esters is 2. The summed E-state index contributed by atoms with van der Waals surface area (Å²) >= 11 is 23.8. The molecule has 0 saturated carbocycles. The first kappa shape index (κ1) is 58.7. The Kier molecular flexibility index (Phi) is 20.5. The number of nitrogens with one attached hydrogen (secondary N) is 2. The van der Waals surface area contributed by atoms with Crippen LogP contribution in [0, 0.1) is 13.5 Å². The zero-order chi connectivity index (χ0) is 56.6. The molecule has 10 aromatic rings. The van der Waals surface area contributed by atoms with E-state index < -0.39 is 27.1 Å². The number of fused-ring (bicyclic) bond motifs is 2. The number of halogens is 4. The molecule has 402 valence electrons. The van der Waals surface area contributed by atoms with Crippen molar-refractivity contribution in [3.63, 3.8) is 0 Å². The molecule has 0 spiro atoms. The second kappa shape index (κ2) is 27.5. The van der Waals surface area contributed by atoms with Crippen LogP contribution in [0.1, 0.15) is 72.8 Å². The minimum Gasteiger partial charge on any atom is -0.461 e. The number of aromatic amines is 2. The van der Waals surface area contributed by atoms with Crippen molar-refractivity contribution >= 4 is 96.3 Å². The Bertz CT molecular complexity index is 3860. The molecule has 0 fully saturated rings. The van der Waals surface area contributed by atoms with Crippen LogP contribution >= 0.6 is 46.4 Å². The average molecular weight is 1160 g/mol. The molecule has 79 heavy (non-hydrogen) atoms. The number of aldehydes is 1. The lowest BCUT2D eigenvalue weighted by molar-refractivity contribution is 0.0511. The SMILES string of the molecule is CCOC(=O)c1[nH]c2cc(Cl)ccc2c1-c1c(-c2ccccc2)ncn1Cc1ccc(Cl)cc1.CCOC(=O)c1[nH]c2cc(Cl)ccc2c1C=O.NCc1ccc(Cl)cc1.[C-]#[N+]C(c1ccccc1)S(=O)(=O)c1ccc(C)cc1. The highest BCUT2D eigenvalue weighted by Gasteiger charge is 2.34. The van der Waals surface area contributed by atoms with E-state index in [1.54, 1.807) is 93.0 Å². The first-order valence-electron chi connectivity index (χ1n) is 24.5. The van der Waals surface area contributed by atoms with Crippen LogP contribution in [-0.2, 0) is 32.4 Å². The van der Waals surface area contributed by atoms with Crippen LogP contribution in [0.2, 0.25) is 20.1 Å². The van der Waals surface area contributed by atoms with Gasteiger partial charge < -0.3 is 29.7 Å². The van der Waals surface area contributed by atoms with E-state index in [0.29, 0.717) is 62.2 Å². The highest BCUT2D eigenvalue weighted by molar-refractivity contribution is 7.91. The highest BCUT2D eigenvalue weighted by atomic mass is 35.5. The summed E-state index contributed by atoms with van der Waals surface area (Å²) in [6.45, 7) is 14.2. The number of carbonyl (C=O) groups excluding carboxylic acids is 3. The summed E-state index contributed by atoms with van der Waals surface area (Å²) in [6, 6.07) is 50.8. The maximum atomic E-state index is 13.0. The van der Waals surface area contributed by atoms with Crippen LogP contribution in [0.15, 0.2) is 181 Å². The summed E-state index contributed by atoms with van der Waals surface area (Å²) in [5.74, 6) is -0.968. The number of carbonyl (C=O) groups is 3. The smallest absolute Gasteiger partial charge is 0.355 e. The zero-order valence-electron chi connectivity index (χ0n) is 42.9. The van der Waals surface area contributed by atoms with Gasteiger partial charge in [0.25, 0.3) is 9.84 Å². The van der Waals surface area contributed by atoms with E-state index in [2.05, 4.69) is 14.8 Å². The fourth-order valence-electron chi connectivity index (χ4n) is 8.23. The molecular weight excluding hydrogens is 1100 g/mol. The fraction of sp³-hybridized carbons (Fsp3) is 0.131. The molecule has 10 rings (SSSR count). The van der Waals surface area contributed by atoms with Crippen molar-refractivity contribution in [3.8, 4) is 22.5 Å². The molecule has 3 aromatic heterocycles. The first-order chi connectivity index (χ1) is 38.1. The number of nitrogens with zero attached hydrogens (tertiary/aromatic N) is 3. The Morgan fingerprint density at radius 1 is 0.684 bits per heavy atom. The molecule has 1 unspecified atom stereocenters. The third-order valence-corrected chi connectivity index (χ3v) is 14.9. The third-order valence-electron chi connectivity index (χ3n) is 12.0. The van der Waals surface area contributed by atoms with Crippen molar-refractivity contribution < 1.29 is 32.3 Å². The topological polar surface area (TPSA) is 184 Å². The highest BCUT2D eigenvalue weighted by Crippen LogP contribution is 2.40. The molecule has 18 heteroatoms. The summed E-state index contributed by atoms with van der Waals surface area (Å²) in [4.78, 5) is 50.0. The summed E-state index contributed by atoms with van der Waals surface area (Å²) in [5, 5.41) is 2.89. The van der Waals surface area contributed by atoms with Gasteiger partial charge in [-0.25, -0.2) is 29.6 Å². The van der Waals surface area contributed by atoms with Crippen LogP contribution in [0.5, 0.6) is 0 Å². The van der Waals surface area contributed by atoms with Crippen molar-refractivity contribution in [1.29, 1.82) is 0 Å². The molecular formula is C61H52Cl4N6O7S. The molecule has 0 amide bonds. The van der Waals surface area contributed by atoms with Crippen molar-refractivity contribution in [1.82, 2.24) is 19.5 Å². The Balaban J connectivity index is 0.000000170. The van der Waals surface area contributed by atoms with Gasteiger partial charge in [-0.1, -0.05) is 161 Å². The first-order valence-corrected chi connectivity index (χ1v) is 27.6. The second-order valence-corrected chi connectivity index (χ2v) is 21.1. The van der Waals surface area contributed by atoms with Crippen LogP contribution < -0.4 is 5.73 Å². The van der Waals surface area contributed by atoms with Gasteiger partial charge in [0.1, 0.15) is 11.4 Å². The molecule has 4 N–H and O–H groups in total. The molecule has 0 bridgehead atoms. The van der Waals surface area contributed by atoms with Crippen molar-refractivity contribution in [2.45, 2.75) is 44.1 Å². The lowest BCUT2D eigenvalue weighted by Gasteiger charge is -2.12. The van der Waals surface area contributed by atoms with Crippen molar-refractivity contribution in [2.24, 2.45) is 5.73 Å². The zero-order valence-corrected chi connectivity index (χ0v) is 46.8. The van der Waals surface area contributed by atoms with Gasteiger partial charge in [-0.15, -0.1) is 0 Å². The van der Waals surface area contributed by atoms with Gasteiger partial charge in [0.15, 0.2) is 6.29 Å². The standard InChI is InChI=1S/C27H21Cl2N3O2.C15H13NO2S.C12H10ClNO3.C7H8ClN/c1-2-34-27(33)25-23(21-13-12-20(29)14-22(21)31-25)26-24(18-6-4-3-5-7-18)30-16-32(26)15-17-8-10-19(28)11-9-17;1-12-8-10-14(11-9-12)19(17,18)15(16-2)13-6-4-3-5-7-13;1-2-17-12(16)11-9(6-15)8-4-3-7(13)5-10(8)14-11;8-7-3-1-6(5-9)2-4-7/h3-14,16,31H,2,15H2,1H3;3-11,15H,1H3;3-6,14H,2H2,1H3;1-4H,5,9H2. The number of benzene rings is 7. The summed E-state index contributed by atoms with van der Waals surface area (Å²) in [7, 11) is -3.68. The molecule has 1 atom stereocenters. The van der Waals surface area contributed by atoms with Crippen LogP contribution in [-0.4, -0.2) is 59.4 Å². The van der Waals surface area contributed by atoms with Gasteiger partial charge in [-0.05, 0) is 92.6 Å². The number of nitrogens with two attached hydrogens (primary N) is 1. The molecule has 7 aromatic carbocycles. The lowest BCUT2D eigenvalue weighted by atomic mass is 10.0. The summed E-state index contributed by atoms with van der Waals surface area (Å²) in [5.41, 5.74) is 14.5. The van der Waals surface area contributed by atoms with Gasteiger partial charge in [0.2, 0.25) is 0 Å². The van der Waals surface area contributed by atoms with Crippen LogP contribution in [0.4, 0.5) is 0 Å². The fourth-order valence-corrected chi connectivity index (χ4v) is 10.2. The Morgan fingerprint density at radius 3 is 1.73 bits per heavy atom. The summed E-state index contributed by atoms with van der Waals surface area (Å²) < 4.78 is 37.2. The number of hydrogen-bond donors (Lipinski definition) is 3. The molecule has 0 saturated heterocycles. The number of imidazole rings is 1. The van der Waals surface area contributed by atoms with E-state index in [-0.39, 0.29) is 23.8 Å². The quantitative estimate of drug-likeness (QED) is 0.0574. The predicted octanol–water partition coefficient (Wildman–Crippen LogP) is 15.2. The average Bonchev–Trinajstić information content (AvgIpc) is 4.38. The van der Waals surface area contributed by atoms with E-state index in [4.69, 9.17) is 73.2 Å². The van der Waals surface area contributed by atoms with Crippen molar-refractivity contribution in [3.05, 3.63) is 247 Å². The Morgan fingerprint density at radius 2 is 1.19 bits per heavy atom. The maximum absolute atomic E-state index is 13.0. The van der Waals surface area contributed by atoms with Gasteiger partial charge in [0, 0.05) is 66.1 Å². The van der Waals surface area contributed by atoms with Gasteiger partial charge in [0.05, 0.1) is 47.0 Å². The van der Waals surface area contributed by atoms with E-state index in [1.165, 1.54) is 0 Å².